The van der Waals surface area contributed by atoms with Crippen LogP contribution >= 0.6 is 0 Å². The summed E-state index contributed by atoms with van der Waals surface area (Å²) in [6.07, 6.45) is 0. The highest BCUT2D eigenvalue weighted by molar-refractivity contribution is 7.87. The van der Waals surface area contributed by atoms with E-state index in [4.69, 9.17) is 8.92 Å². The highest BCUT2D eigenvalue weighted by Gasteiger charge is 2.17. The van der Waals surface area contributed by atoms with Gasteiger partial charge in [-0.05, 0) is 55.5 Å². The quantitative estimate of drug-likeness (QED) is 0.475. The van der Waals surface area contributed by atoms with Gasteiger partial charge in [0.25, 0.3) is 0 Å². The monoisotopic (exact) mass is 368 g/mol. The lowest BCUT2D eigenvalue weighted by Gasteiger charge is -2.09. The first-order valence-electron chi connectivity index (χ1n) is 7.82. The molecule has 5 nitrogen and oxygen atoms in total. The molecule has 0 aliphatic heterocycles. The summed E-state index contributed by atoms with van der Waals surface area (Å²) in [5.41, 5.74) is 0.436. The van der Waals surface area contributed by atoms with Crippen LogP contribution in [0.25, 0.3) is 0 Å². The molecular formula is C20H16O5S. The second-order valence-corrected chi connectivity index (χ2v) is 7.05. The van der Waals surface area contributed by atoms with Crippen molar-refractivity contribution in [3.8, 4) is 17.2 Å². The molecule has 0 radical (unpaired) electrons. The van der Waals surface area contributed by atoms with Gasteiger partial charge in [0, 0.05) is 5.56 Å². The Morgan fingerprint density at radius 1 is 0.731 bits per heavy atom. The Morgan fingerprint density at radius 3 is 1.85 bits per heavy atom. The number of Topliss-reactive ketones (excluding diaryl/α,β-unsaturated/α-hetero) is 1. The molecule has 3 rings (SSSR count). The van der Waals surface area contributed by atoms with Crippen LogP contribution < -0.4 is 8.92 Å². The molecule has 0 atom stereocenters. The Hall–Kier alpha value is -3.12. The Bertz CT molecular complexity index is 992. The van der Waals surface area contributed by atoms with Gasteiger partial charge in [-0.25, -0.2) is 0 Å². The SMILES string of the molecule is CC(=O)c1ccc(S(=O)(=O)Oc2ccc(Oc3ccccc3)cc2)cc1. The van der Waals surface area contributed by atoms with Crippen LogP contribution in [0.4, 0.5) is 0 Å². The molecule has 0 fully saturated rings. The van der Waals surface area contributed by atoms with E-state index in [2.05, 4.69) is 0 Å². The second kappa shape index (κ2) is 7.41. The van der Waals surface area contributed by atoms with Crippen LogP contribution in [-0.2, 0) is 10.1 Å². The van der Waals surface area contributed by atoms with Crippen molar-refractivity contribution >= 4 is 15.9 Å². The molecule has 0 saturated carbocycles. The topological polar surface area (TPSA) is 69.7 Å². The summed E-state index contributed by atoms with van der Waals surface area (Å²) < 4.78 is 35.4. The Balaban J connectivity index is 1.72. The van der Waals surface area contributed by atoms with Gasteiger partial charge in [-0.15, -0.1) is 0 Å². The molecule has 0 aliphatic rings. The van der Waals surface area contributed by atoms with E-state index in [-0.39, 0.29) is 16.4 Å². The van der Waals surface area contributed by atoms with Crippen molar-refractivity contribution in [2.75, 3.05) is 0 Å². The van der Waals surface area contributed by atoms with Crippen LogP contribution in [0.3, 0.4) is 0 Å². The first-order valence-corrected chi connectivity index (χ1v) is 9.23. The molecule has 0 N–H and O–H groups in total. The maximum Gasteiger partial charge on any atom is 0.339 e. The number of carbonyl (C=O) groups is 1. The number of benzene rings is 3. The average molecular weight is 368 g/mol. The molecule has 0 bridgehead atoms. The summed E-state index contributed by atoms with van der Waals surface area (Å²) in [5.74, 6) is 1.27. The van der Waals surface area contributed by atoms with Gasteiger partial charge >= 0.3 is 10.1 Å². The molecule has 0 amide bonds. The lowest BCUT2D eigenvalue weighted by molar-refractivity contribution is 0.101. The number of rotatable bonds is 6. The standard InChI is InChI=1S/C20H16O5S/c1-15(21)16-7-13-20(14-8-16)26(22,23)25-19-11-9-18(10-12-19)24-17-5-3-2-4-6-17/h2-14H,1H3. The van der Waals surface area contributed by atoms with Gasteiger partial charge in [0.2, 0.25) is 0 Å². The van der Waals surface area contributed by atoms with E-state index in [1.165, 1.54) is 43.3 Å². The molecule has 0 heterocycles. The van der Waals surface area contributed by atoms with Crippen LogP contribution in [0, 0.1) is 0 Å². The van der Waals surface area contributed by atoms with Crippen LogP contribution in [0.1, 0.15) is 17.3 Å². The van der Waals surface area contributed by atoms with Gasteiger partial charge in [0.05, 0.1) is 0 Å². The molecule has 26 heavy (non-hydrogen) atoms. The summed E-state index contributed by atoms with van der Waals surface area (Å²) in [4.78, 5) is 11.2. The largest absolute Gasteiger partial charge is 0.457 e. The third-order valence-corrected chi connectivity index (χ3v) is 4.82. The van der Waals surface area contributed by atoms with E-state index in [0.29, 0.717) is 17.1 Å². The molecule has 3 aromatic rings. The molecule has 0 aromatic heterocycles. The average Bonchev–Trinajstić information content (AvgIpc) is 2.64. The number of carbonyl (C=O) groups excluding carboxylic acids is 1. The van der Waals surface area contributed by atoms with E-state index in [0.717, 1.165) is 0 Å². The predicted octanol–water partition coefficient (Wildman–Crippen LogP) is 4.45. The third kappa shape index (κ3) is 4.29. The minimum Gasteiger partial charge on any atom is -0.457 e. The minimum atomic E-state index is -3.98. The van der Waals surface area contributed by atoms with Gasteiger partial charge < -0.3 is 8.92 Å². The fourth-order valence-electron chi connectivity index (χ4n) is 2.22. The van der Waals surface area contributed by atoms with Gasteiger partial charge in [-0.3, -0.25) is 4.79 Å². The number of para-hydroxylation sites is 1. The minimum absolute atomic E-state index is 0.0212. The van der Waals surface area contributed by atoms with Gasteiger partial charge in [-0.2, -0.15) is 8.42 Å². The fourth-order valence-corrected chi connectivity index (χ4v) is 3.15. The first-order chi connectivity index (χ1) is 12.4. The zero-order valence-electron chi connectivity index (χ0n) is 14.0. The van der Waals surface area contributed by atoms with E-state index in [1.54, 1.807) is 12.1 Å². The number of ether oxygens (including phenoxy) is 1. The lowest BCUT2D eigenvalue weighted by atomic mass is 10.2. The van der Waals surface area contributed by atoms with E-state index in [1.807, 2.05) is 30.3 Å². The summed E-state index contributed by atoms with van der Waals surface area (Å²) in [7, 11) is -3.98. The van der Waals surface area contributed by atoms with Crippen molar-refractivity contribution in [2.24, 2.45) is 0 Å². The molecule has 0 saturated heterocycles. The van der Waals surface area contributed by atoms with Crippen molar-refractivity contribution in [2.45, 2.75) is 11.8 Å². The summed E-state index contributed by atoms with van der Waals surface area (Å²) >= 11 is 0. The highest BCUT2D eigenvalue weighted by atomic mass is 32.2. The zero-order valence-corrected chi connectivity index (χ0v) is 14.8. The van der Waals surface area contributed by atoms with Crippen molar-refractivity contribution in [1.29, 1.82) is 0 Å². The third-order valence-electron chi connectivity index (χ3n) is 3.56. The maximum absolute atomic E-state index is 12.3. The van der Waals surface area contributed by atoms with Crippen molar-refractivity contribution in [3.05, 3.63) is 84.4 Å². The smallest absolute Gasteiger partial charge is 0.339 e. The molecule has 3 aromatic carbocycles. The number of hydrogen-bond acceptors (Lipinski definition) is 5. The predicted molar refractivity (Wildman–Crippen MR) is 97.2 cm³/mol. The Labute approximate surface area is 151 Å². The number of hydrogen-bond donors (Lipinski definition) is 0. The fraction of sp³-hybridized carbons (Fsp3) is 0.0500. The molecule has 0 aliphatic carbocycles. The van der Waals surface area contributed by atoms with Crippen molar-refractivity contribution < 1.29 is 22.1 Å². The van der Waals surface area contributed by atoms with Crippen LogP contribution in [0.5, 0.6) is 17.2 Å². The van der Waals surface area contributed by atoms with Crippen LogP contribution in [0.15, 0.2) is 83.8 Å². The van der Waals surface area contributed by atoms with Crippen molar-refractivity contribution in [1.82, 2.24) is 0 Å². The zero-order chi connectivity index (χ0) is 18.6. The molecule has 0 spiro atoms. The van der Waals surface area contributed by atoms with Crippen LogP contribution in [0.2, 0.25) is 0 Å². The van der Waals surface area contributed by atoms with Gasteiger partial charge in [0.1, 0.15) is 22.1 Å². The number of ketones is 1. The van der Waals surface area contributed by atoms with E-state index < -0.39 is 10.1 Å². The first kappa shape index (κ1) is 17.7. The molecule has 0 unspecified atom stereocenters. The highest BCUT2D eigenvalue weighted by Crippen LogP contribution is 2.25. The molecule has 132 valence electrons. The normalized spacial score (nSPS) is 11.0. The van der Waals surface area contributed by atoms with Crippen molar-refractivity contribution in [3.63, 3.8) is 0 Å². The summed E-state index contributed by atoms with van der Waals surface area (Å²) in [6.45, 7) is 1.42. The second-order valence-electron chi connectivity index (χ2n) is 5.50. The lowest BCUT2D eigenvalue weighted by Crippen LogP contribution is -2.10. The van der Waals surface area contributed by atoms with Crippen LogP contribution in [-0.4, -0.2) is 14.2 Å². The van der Waals surface area contributed by atoms with Gasteiger partial charge in [-0.1, -0.05) is 30.3 Å². The molecular weight excluding hydrogens is 352 g/mol. The van der Waals surface area contributed by atoms with Gasteiger partial charge in [0.15, 0.2) is 5.78 Å². The van der Waals surface area contributed by atoms with E-state index in [9.17, 15) is 13.2 Å². The summed E-state index contributed by atoms with van der Waals surface area (Å²) in [6, 6.07) is 21.1. The Morgan fingerprint density at radius 2 is 1.27 bits per heavy atom. The molecule has 6 heteroatoms. The summed E-state index contributed by atoms with van der Waals surface area (Å²) in [5, 5.41) is 0. The Kier molecular flexibility index (Phi) is 5.04. The van der Waals surface area contributed by atoms with E-state index >= 15 is 0 Å². The maximum atomic E-state index is 12.3.